The first-order valence-corrected chi connectivity index (χ1v) is 11.7. The number of hydrogen-bond donors (Lipinski definition) is 1. The Labute approximate surface area is 194 Å². The zero-order chi connectivity index (χ0) is 22.5. The molecule has 0 saturated carbocycles. The molecule has 0 aliphatic carbocycles. The molecule has 1 N–H and O–H groups in total. The van der Waals surface area contributed by atoms with Crippen molar-refractivity contribution in [2.75, 3.05) is 18.4 Å². The van der Waals surface area contributed by atoms with E-state index in [2.05, 4.69) is 52.4 Å². The summed E-state index contributed by atoms with van der Waals surface area (Å²) in [7, 11) is 0. The normalized spacial score (nSPS) is 16.8. The van der Waals surface area contributed by atoms with Crippen LogP contribution >= 0.6 is 11.6 Å². The summed E-state index contributed by atoms with van der Waals surface area (Å²) in [6.07, 6.45) is 3.64. The molecule has 32 heavy (non-hydrogen) atoms. The average Bonchev–Trinajstić information content (AvgIpc) is 3.28. The van der Waals surface area contributed by atoms with Gasteiger partial charge in [0.1, 0.15) is 0 Å². The standard InChI is InChI=1S/C25H29ClN4O2/c1-3-17-7-5-8-18(4-2)23(17)28-25(31)20-9-6-14-30(15-20)16-22-27-24(29-32-22)19-10-12-21(26)13-11-19/h5,7-8,10-13,20H,3-4,6,9,14-16H2,1-2H3,(H,28,31). The predicted octanol–water partition coefficient (Wildman–Crippen LogP) is 5.37. The molecular weight excluding hydrogens is 424 g/mol. The topological polar surface area (TPSA) is 71.3 Å². The van der Waals surface area contributed by atoms with E-state index in [0.29, 0.717) is 29.8 Å². The molecular formula is C25H29ClN4O2. The lowest BCUT2D eigenvalue weighted by molar-refractivity contribution is -0.121. The summed E-state index contributed by atoms with van der Waals surface area (Å²) in [6.45, 7) is 6.37. The van der Waals surface area contributed by atoms with Gasteiger partial charge < -0.3 is 9.84 Å². The number of piperidine rings is 1. The van der Waals surface area contributed by atoms with Crippen LogP contribution in [0.5, 0.6) is 0 Å². The van der Waals surface area contributed by atoms with Crippen LogP contribution in [0.4, 0.5) is 5.69 Å². The second-order valence-electron chi connectivity index (χ2n) is 8.24. The SMILES string of the molecule is CCc1cccc(CC)c1NC(=O)C1CCCN(Cc2nc(-c3ccc(Cl)cc3)no2)C1. The number of rotatable bonds is 7. The van der Waals surface area contributed by atoms with Crippen LogP contribution in [0, 0.1) is 5.92 Å². The highest BCUT2D eigenvalue weighted by atomic mass is 35.5. The number of hydrogen-bond acceptors (Lipinski definition) is 5. The molecule has 1 amide bonds. The molecule has 7 heteroatoms. The Balaban J connectivity index is 1.40. The number of carbonyl (C=O) groups excluding carboxylic acids is 1. The molecule has 2 aromatic carbocycles. The van der Waals surface area contributed by atoms with Gasteiger partial charge in [0.05, 0.1) is 12.5 Å². The quantitative estimate of drug-likeness (QED) is 0.522. The minimum atomic E-state index is -0.0583. The smallest absolute Gasteiger partial charge is 0.241 e. The molecule has 1 unspecified atom stereocenters. The Bertz CT molecular complexity index is 1040. The lowest BCUT2D eigenvalue weighted by Crippen LogP contribution is -2.40. The van der Waals surface area contributed by atoms with Crippen LogP contribution in [0.25, 0.3) is 11.4 Å². The minimum absolute atomic E-state index is 0.0583. The first-order chi connectivity index (χ1) is 15.6. The van der Waals surface area contributed by atoms with Gasteiger partial charge in [-0.2, -0.15) is 4.98 Å². The Kier molecular flexibility index (Phi) is 7.22. The molecule has 0 bridgehead atoms. The molecule has 0 radical (unpaired) electrons. The first kappa shape index (κ1) is 22.5. The molecule has 168 valence electrons. The van der Waals surface area contributed by atoms with Crippen molar-refractivity contribution in [1.29, 1.82) is 0 Å². The fourth-order valence-corrected chi connectivity index (χ4v) is 4.39. The van der Waals surface area contributed by atoms with Gasteiger partial charge in [-0.25, -0.2) is 0 Å². The maximum absolute atomic E-state index is 13.1. The number of likely N-dealkylation sites (tertiary alicyclic amines) is 1. The molecule has 1 atom stereocenters. The Morgan fingerprint density at radius 1 is 1.16 bits per heavy atom. The summed E-state index contributed by atoms with van der Waals surface area (Å²) >= 11 is 5.95. The molecule has 1 saturated heterocycles. The lowest BCUT2D eigenvalue weighted by Gasteiger charge is -2.31. The van der Waals surface area contributed by atoms with Crippen LogP contribution < -0.4 is 5.32 Å². The third kappa shape index (κ3) is 5.19. The minimum Gasteiger partial charge on any atom is -0.338 e. The fraction of sp³-hybridized carbons (Fsp3) is 0.400. The van der Waals surface area contributed by atoms with Gasteiger partial charge in [-0.1, -0.05) is 48.8 Å². The van der Waals surface area contributed by atoms with Gasteiger partial charge in [0.2, 0.25) is 17.6 Å². The molecule has 2 heterocycles. The van der Waals surface area contributed by atoms with E-state index >= 15 is 0 Å². The van der Waals surface area contributed by atoms with Crippen molar-refractivity contribution in [3.8, 4) is 11.4 Å². The van der Waals surface area contributed by atoms with Crippen LogP contribution in [0.15, 0.2) is 47.0 Å². The largest absolute Gasteiger partial charge is 0.338 e. The number of para-hydroxylation sites is 1. The van der Waals surface area contributed by atoms with Crippen LogP contribution in [-0.4, -0.2) is 34.0 Å². The monoisotopic (exact) mass is 452 g/mol. The van der Waals surface area contributed by atoms with Crippen molar-refractivity contribution in [3.05, 3.63) is 64.5 Å². The number of benzene rings is 2. The molecule has 1 aliphatic rings. The van der Waals surface area contributed by atoms with E-state index in [1.165, 1.54) is 11.1 Å². The van der Waals surface area contributed by atoms with E-state index < -0.39 is 0 Å². The van der Waals surface area contributed by atoms with Gasteiger partial charge >= 0.3 is 0 Å². The summed E-state index contributed by atoms with van der Waals surface area (Å²) in [5, 5.41) is 8.00. The molecule has 4 rings (SSSR count). The molecule has 6 nitrogen and oxygen atoms in total. The summed E-state index contributed by atoms with van der Waals surface area (Å²) in [5.41, 5.74) is 4.22. The Morgan fingerprint density at radius 3 is 2.56 bits per heavy atom. The van der Waals surface area contributed by atoms with Gasteiger partial charge in [-0.15, -0.1) is 0 Å². The average molecular weight is 453 g/mol. The highest BCUT2D eigenvalue weighted by Gasteiger charge is 2.27. The Morgan fingerprint density at radius 2 is 1.88 bits per heavy atom. The first-order valence-electron chi connectivity index (χ1n) is 11.3. The van der Waals surface area contributed by atoms with Crippen molar-refractivity contribution in [1.82, 2.24) is 15.0 Å². The summed E-state index contributed by atoms with van der Waals surface area (Å²) in [4.78, 5) is 19.9. The number of carbonyl (C=O) groups is 1. The van der Waals surface area contributed by atoms with E-state index in [-0.39, 0.29) is 11.8 Å². The van der Waals surface area contributed by atoms with Gasteiger partial charge in [0, 0.05) is 22.8 Å². The van der Waals surface area contributed by atoms with Crippen molar-refractivity contribution >= 4 is 23.2 Å². The summed E-state index contributed by atoms with van der Waals surface area (Å²) < 4.78 is 5.47. The third-order valence-electron chi connectivity index (χ3n) is 6.05. The maximum atomic E-state index is 13.1. The number of nitrogens with zero attached hydrogens (tertiary/aromatic N) is 3. The fourth-order valence-electron chi connectivity index (χ4n) is 4.27. The molecule has 1 aliphatic heterocycles. The highest BCUT2D eigenvalue weighted by molar-refractivity contribution is 6.30. The molecule has 1 fully saturated rings. The Hall–Kier alpha value is -2.70. The van der Waals surface area contributed by atoms with Crippen LogP contribution in [0.3, 0.4) is 0 Å². The van der Waals surface area contributed by atoms with Crippen molar-refractivity contribution in [2.45, 2.75) is 46.1 Å². The molecule has 0 spiro atoms. The van der Waals surface area contributed by atoms with Crippen LogP contribution in [0.1, 0.15) is 43.7 Å². The van der Waals surface area contributed by atoms with Gasteiger partial charge in [-0.3, -0.25) is 9.69 Å². The maximum Gasteiger partial charge on any atom is 0.241 e. The van der Waals surface area contributed by atoms with Crippen molar-refractivity contribution < 1.29 is 9.32 Å². The van der Waals surface area contributed by atoms with E-state index in [1.54, 1.807) is 12.1 Å². The number of amides is 1. The van der Waals surface area contributed by atoms with E-state index in [9.17, 15) is 4.79 Å². The second kappa shape index (κ2) is 10.3. The summed E-state index contributed by atoms with van der Waals surface area (Å²) in [6, 6.07) is 13.6. The van der Waals surface area contributed by atoms with E-state index in [0.717, 1.165) is 43.5 Å². The van der Waals surface area contributed by atoms with Crippen LogP contribution in [-0.2, 0) is 24.2 Å². The van der Waals surface area contributed by atoms with Crippen LogP contribution in [0.2, 0.25) is 5.02 Å². The van der Waals surface area contributed by atoms with E-state index in [4.69, 9.17) is 16.1 Å². The number of halogens is 1. The predicted molar refractivity (Wildman–Crippen MR) is 127 cm³/mol. The highest BCUT2D eigenvalue weighted by Crippen LogP contribution is 2.26. The van der Waals surface area contributed by atoms with Gasteiger partial charge in [0.25, 0.3) is 0 Å². The van der Waals surface area contributed by atoms with E-state index in [1.807, 2.05) is 12.1 Å². The zero-order valence-corrected chi connectivity index (χ0v) is 19.4. The number of nitrogens with one attached hydrogen (secondary N) is 1. The number of aromatic nitrogens is 2. The lowest BCUT2D eigenvalue weighted by atomic mass is 9.96. The number of anilines is 1. The van der Waals surface area contributed by atoms with Gasteiger partial charge in [-0.05, 0) is 67.6 Å². The number of aryl methyl sites for hydroxylation is 2. The van der Waals surface area contributed by atoms with Crippen molar-refractivity contribution in [3.63, 3.8) is 0 Å². The third-order valence-corrected chi connectivity index (χ3v) is 6.30. The van der Waals surface area contributed by atoms with Crippen molar-refractivity contribution in [2.24, 2.45) is 5.92 Å². The second-order valence-corrected chi connectivity index (χ2v) is 8.68. The zero-order valence-electron chi connectivity index (χ0n) is 18.6. The summed E-state index contributed by atoms with van der Waals surface area (Å²) in [5.74, 6) is 1.14. The molecule has 1 aromatic heterocycles. The molecule has 3 aromatic rings. The van der Waals surface area contributed by atoms with Gasteiger partial charge in [0.15, 0.2) is 0 Å².